The molecule has 0 bridgehead atoms. The van der Waals surface area contributed by atoms with Gasteiger partial charge in [0, 0.05) is 0 Å². The molecule has 0 aliphatic carbocycles. The summed E-state index contributed by atoms with van der Waals surface area (Å²) in [4.78, 5) is 0. The van der Waals surface area contributed by atoms with Crippen LogP contribution in [0.15, 0.2) is 42.5 Å². The maximum Gasteiger partial charge on any atom is 0.137 e. The van der Waals surface area contributed by atoms with Crippen molar-refractivity contribution >= 4 is 11.6 Å². The molecule has 1 atom stereocenters. The predicted molar refractivity (Wildman–Crippen MR) is 85.5 cm³/mol. The molecule has 3 heteroatoms. The molecule has 2 rings (SSSR count). The molecule has 0 radical (unpaired) electrons. The van der Waals surface area contributed by atoms with Gasteiger partial charge in [-0.15, -0.1) is 0 Å². The molecule has 2 aromatic carbocycles. The smallest absolute Gasteiger partial charge is 0.137 e. The number of hydrogen-bond donors (Lipinski definition) is 1. The summed E-state index contributed by atoms with van der Waals surface area (Å²) in [6, 6.07) is 14.4. The van der Waals surface area contributed by atoms with Gasteiger partial charge in [0.05, 0.1) is 12.1 Å². The highest BCUT2D eigenvalue weighted by molar-refractivity contribution is 6.32. The normalized spacial score (nSPS) is 12.2. The van der Waals surface area contributed by atoms with Gasteiger partial charge in [0.25, 0.3) is 0 Å². The van der Waals surface area contributed by atoms with Gasteiger partial charge in [-0.05, 0) is 47.7 Å². The van der Waals surface area contributed by atoms with Crippen LogP contribution in [0.4, 0.5) is 0 Å². The average molecular weight is 290 g/mol. The Bertz CT molecular complexity index is 583. The lowest BCUT2D eigenvalue weighted by molar-refractivity contribution is 0.415. The quantitative estimate of drug-likeness (QED) is 0.881. The number of methoxy groups -OCH3 is 1. The molecule has 2 nitrogen and oxygen atoms in total. The van der Waals surface area contributed by atoms with Crippen LogP contribution in [0, 0.1) is 0 Å². The molecule has 0 saturated carbocycles. The molecule has 0 fully saturated rings. The van der Waals surface area contributed by atoms with Gasteiger partial charge < -0.3 is 10.5 Å². The van der Waals surface area contributed by atoms with Gasteiger partial charge in [-0.25, -0.2) is 0 Å². The second-order valence-electron chi connectivity index (χ2n) is 4.95. The number of halogens is 1. The zero-order valence-corrected chi connectivity index (χ0v) is 12.7. The monoisotopic (exact) mass is 289 g/mol. The lowest BCUT2D eigenvalue weighted by atomic mass is 9.94. The standard InChI is InChI=1S/C17H20ClNO/c1-12(8-9-19)13-4-3-5-14(10-13)15-6-7-17(20-2)16(18)11-15/h3-7,10-12H,8-9,19H2,1-2H3. The van der Waals surface area contributed by atoms with Crippen molar-refractivity contribution in [2.24, 2.45) is 5.73 Å². The zero-order valence-electron chi connectivity index (χ0n) is 11.9. The fourth-order valence-corrected chi connectivity index (χ4v) is 2.55. The molecule has 0 aliphatic heterocycles. The lowest BCUT2D eigenvalue weighted by Gasteiger charge is -2.13. The van der Waals surface area contributed by atoms with E-state index in [9.17, 15) is 0 Å². The molecular weight excluding hydrogens is 270 g/mol. The fraction of sp³-hybridized carbons (Fsp3) is 0.294. The van der Waals surface area contributed by atoms with E-state index >= 15 is 0 Å². The van der Waals surface area contributed by atoms with Gasteiger partial charge >= 0.3 is 0 Å². The summed E-state index contributed by atoms with van der Waals surface area (Å²) >= 11 is 6.19. The fourth-order valence-electron chi connectivity index (χ4n) is 2.29. The maximum absolute atomic E-state index is 6.19. The van der Waals surface area contributed by atoms with E-state index in [1.54, 1.807) is 7.11 Å². The minimum Gasteiger partial charge on any atom is -0.495 e. The van der Waals surface area contributed by atoms with Crippen molar-refractivity contribution in [1.29, 1.82) is 0 Å². The van der Waals surface area contributed by atoms with Crippen LogP contribution in [0.25, 0.3) is 11.1 Å². The largest absolute Gasteiger partial charge is 0.495 e. The van der Waals surface area contributed by atoms with E-state index in [2.05, 4.69) is 31.2 Å². The third-order valence-electron chi connectivity index (χ3n) is 3.54. The Morgan fingerprint density at radius 1 is 1.15 bits per heavy atom. The van der Waals surface area contributed by atoms with Crippen LogP contribution in [0.3, 0.4) is 0 Å². The van der Waals surface area contributed by atoms with Crippen molar-refractivity contribution in [3.63, 3.8) is 0 Å². The van der Waals surface area contributed by atoms with E-state index in [1.807, 2.05) is 18.2 Å². The van der Waals surface area contributed by atoms with Gasteiger partial charge in [0.2, 0.25) is 0 Å². The summed E-state index contributed by atoms with van der Waals surface area (Å²) in [5.41, 5.74) is 9.20. The highest BCUT2D eigenvalue weighted by Crippen LogP contribution is 2.31. The molecule has 2 N–H and O–H groups in total. The minimum atomic E-state index is 0.466. The summed E-state index contributed by atoms with van der Waals surface area (Å²) in [5.74, 6) is 1.16. The molecule has 0 heterocycles. The second kappa shape index (κ2) is 6.78. The Hall–Kier alpha value is -1.51. The molecule has 0 amide bonds. The van der Waals surface area contributed by atoms with E-state index in [0.717, 1.165) is 17.5 Å². The first kappa shape index (κ1) is 14.9. The lowest BCUT2D eigenvalue weighted by Crippen LogP contribution is -2.04. The van der Waals surface area contributed by atoms with Crippen LogP contribution >= 0.6 is 11.6 Å². The molecule has 1 unspecified atom stereocenters. The predicted octanol–water partition coefficient (Wildman–Crippen LogP) is 4.47. The van der Waals surface area contributed by atoms with Gasteiger partial charge in [-0.1, -0.05) is 48.9 Å². The first-order chi connectivity index (χ1) is 9.65. The van der Waals surface area contributed by atoms with E-state index in [-0.39, 0.29) is 0 Å². The van der Waals surface area contributed by atoms with E-state index in [4.69, 9.17) is 22.1 Å². The van der Waals surface area contributed by atoms with Crippen molar-refractivity contribution in [3.05, 3.63) is 53.1 Å². The van der Waals surface area contributed by atoms with Crippen LogP contribution in [0.2, 0.25) is 5.02 Å². The maximum atomic E-state index is 6.19. The molecular formula is C17H20ClNO. The number of benzene rings is 2. The van der Waals surface area contributed by atoms with Gasteiger partial charge in [-0.2, -0.15) is 0 Å². The molecule has 0 aliphatic rings. The number of hydrogen-bond acceptors (Lipinski definition) is 2. The molecule has 0 spiro atoms. The number of ether oxygens (including phenoxy) is 1. The Kier molecular flexibility index (Phi) is 5.05. The first-order valence-corrected chi connectivity index (χ1v) is 7.17. The van der Waals surface area contributed by atoms with Crippen LogP contribution < -0.4 is 10.5 Å². The first-order valence-electron chi connectivity index (χ1n) is 6.79. The molecule has 20 heavy (non-hydrogen) atoms. The molecule has 0 saturated heterocycles. The molecule has 106 valence electrons. The average Bonchev–Trinajstić information content (AvgIpc) is 2.47. The molecule has 0 aromatic heterocycles. The third kappa shape index (κ3) is 3.33. The highest BCUT2D eigenvalue weighted by Gasteiger charge is 2.08. The van der Waals surface area contributed by atoms with E-state index < -0.39 is 0 Å². The summed E-state index contributed by atoms with van der Waals surface area (Å²) < 4.78 is 5.18. The summed E-state index contributed by atoms with van der Waals surface area (Å²) in [6.07, 6.45) is 0.993. The van der Waals surface area contributed by atoms with Crippen molar-refractivity contribution < 1.29 is 4.74 Å². The Balaban J connectivity index is 2.33. The van der Waals surface area contributed by atoms with Crippen molar-refractivity contribution in [3.8, 4) is 16.9 Å². The van der Waals surface area contributed by atoms with Gasteiger partial charge in [0.1, 0.15) is 5.75 Å². The van der Waals surface area contributed by atoms with E-state index in [1.165, 1.54) is 5.56 Å². The van der Waals surface area contributed by atoms with Crippen LogP contribution in [0.1, 0.15) is 24.8 Å². The van der Waals surface area contributed by atoms with Crippen molar-refractivity contribution in [2.45, 2.75) is 19.3 Å². The topological polar surface area (TPSA) is 35.2 Å². The minimum absolute atomic E-state index is 0.466. The van der Waals surface area contributed by atoms with Crippen LogP contribution in [-0.4, -0.2) is 13.7 Å². The van der Waals surface area contributed by atoms with Crippen LogP contribution in [0.5, 0.6) is 5.75 Å². The third-order valence-corrected chi connectivity index (χ3v) is 3.84. The van der Waals surface area contributed by atoms with Crippen LogP contribution in [-0.2, 0) is 0 Å². The SMILES string of the molecule is COc1ccc(-c2cccc(C(C)CCN)c2)cc1Cl. The highest BCUT2D eigenvalue weighted by atomic mass is 35.5. The number of rotatable bonds is 5. The zero-order chi connectivity index (χ0) is 14.5. The Morgan fingerprint density at radius 2 is 1.90 bits per heavy atom. The summed E-state index contributed by atoms with van der Waals surface area (Å²) in [6.45, 7) is 2.91. The summed E-state index contributed by atoms with van der Waals surface area (Å²) in [5, 5.41) is 0.630. The Morgan fingerprint density at radius 3 is 2.55 bits per heavy atom. The molecule has 2 aromatic rings. The second-order valence-corrected chi connectivity index (χ2v) is 5.36. The number of nitrogens with two attached hydrogens (primary N) is 1. The Labute approximate surface area is 125 Å². The summed E-state index contributed by atoms with van der Waals surface area (Å²) in [7, 11) is 1.62. The van der Waals surface area contributed by atoms with Gasteiger partial charge in [0.15, 0.2) is 0 Å². The van der Waals surface area contributed by atoms with Crippen molar-refractivity contribution in [1.82, 2.24) is 0 Å². The van der Waals surface area contributed by atoms with E-state index in [0.29, 0.717) is 23.2 Å². The van der Waals surface area contributed by atoms with Crippen molar-refractivity contribution in [2.75, 3.05) is 13.7 Å². The van der Waals surface area contributed by atoms with Gasteiger partial charge in [-0.3, -0.25) is 0 Å².